The standard InChI is InChI=1S/C17H37IN.ClH/c1-4-6-8-11-15-19(3,17-13-10-14-18)16-12-9-7-5-2;/h4-17H2,1-3H3;1H/q+1;/p-1. The first-order valence-corrected chi connectivity index (χ1v) is 10.1. The molecule has 124 valence electrons. The Hall–Kier alpha value is 0.980. The Balaban J connectivity index is 0. The first-order valence-electron chi connectivity index (χ1n) is 8.58. The van der Waals surface area contributed by atoms with Crippen molar-refractivity contribution < 1.29 is 16.9 Å². The molecule has 0 fully saturated rings. The third-order valence-corrected chi connectivity index (χ3v) is 4.95. The summed E-state index contributed by atoms with van der Waals surface area (Å²) >= 11 is 2.51. The lowest BCUT2D eigenvalue weighted by Gasteiger charge is -2.35. The van der Waals surface area contributed by atoms with Gasteiger partial charge in [0.15, 0.2) is 0 Å². The predicted octanol–water partition coefficient (Wildman–Crippen LogP) is 2.81. The van der Waals surface area contributed by atoms with E-state index in [0.29, 0.717) is 0 Å². The van der Waals surface area contributed by atoms with Crippen LogP contribution in [-0.4, -0.2) is 35.6 Å². The van der Waals surface area contributed by atoms with Crippen molar-refractivity contribution in [3.05, 3.63) is 0 Å². The summed E-state index contributed by atoms with van der Waals surface area (Å²) in [5, 5.41) is 0. The molecule has 0 saturated heterocycles. The van der Waals surface area contributed by atoms with E-state index in [-0.39, 0.29) is 12.4 Å². The topological polar surface area (TPSA) is 0 Å². The number of unbranched alkanes of at least 4 members (excludes halogenated alkanes) is 7. The molecule has 1 nitrogen and oxygen atoms in total. The molecule has 0 spiro atoms. The molecule has 0 aromatic carbocycles. The second-order valence-corrected chi connectivity index (χ2v) is 7.39. The van der Waals surface area contributed by atoms with E-state index in [1.165, 1.54) is 92.8 Å². The quantitative estimate of drug-likeness (QED) is 0.176. The highest BCUT2D eigenvalue weighted by atomic mass is 127. The van der Waals surface area contributed by atoms with Gasteiger partial charge in [0.05, 0.1) is 26.7 Å². The van der Waals surface area contributed by atoms with E-state index in [1.807, 2.05) is 0 Å². The summed E-state index contributed by atoms with van der Waals surface area (Å²) in [5.74, 6) is 0. The lowest BCUT2D eigenvalue weighted by atomic mass is 10.1. The van der Waals surface area contributed by atoms with E-state index < -0.39 is 0 Å². The Kier molecular flexibility index (Phi) is 19.0. The third kappa shape index (κ3) is 13.9. The lowest BCUT2D eigenvalue weighted by molar-refractivity contribution is -0.910. The van der Waals surface area contributed by atoms with Crippen LogP contribution >= 0.6 is 22.6 Å². The summed E-state index contributed by atoms with van der Waals surface area (Å²) in [6.07, 6.45) is 14.1. The van der Waals surface area contributed by atoms with Gasteiger partial charge in [-0.15, -0.1) is 0 Å². The van der Waals surface area contributed by atoms with E-state index in [0.717, 1.165) is 0 Å². The molecule has 0 N–H and O–H groups in total. The molecule has 20 heavy (non-hydrogen) atoms. The van der Waals surface area contributed by atoms with Crippen LogP contribution in [0.1, 0.15) is 78.1 Å². The summed E-state index contributed by atoms with van der Waals surface area (Å²) < 4.78 is 2.66. The van der Waals surface area contributed by atoms with Gasteiger partial charge in [-0.2, -0.15) is 0 Å². The highest BCUT2D eigenvalue weighted by Crippen LogP contribution is 2.14. The van der Waals surface area contributed by atoms with Gasteiger partial charge >= 0.3 is 0 Å². The number of rotatable bonds is 14. The highest BCUT2D eigenvalue weighted by molar-refractivity contribution is 14.1. The van der Waals surface area contributed by atoms with E-state index in [4.69, 9.17) is 0 Å². The van der Waals surface area contributed by atoms with Crippen molar-refractivity contribution in [3.8, 4) is 0 Å². The average molecular weight is 418 g/mol. The van der Waals surface area contributed by atoms with Crippen LogP contribution in [0.3, 0.4) is 0 Å². The number of alkyl halides is 1. The molecule has 0 aliphatic heterocycles. The molecular formula is C17H37ClIN. The van der Waals surface area contributed by atoms with Crippen molar-refractivity contribution in [2.45, 2.75) is 78.1 Å². The second-order valence-electron chi connectivity index (χ2n) is 6.31. The van der Waals surface area contributed by atoms with Gasteiger partial charge in [0.2, 0.25) is 0 Å². The molecule has 0 amide bonds. The van der Waals surface area contributed by atoms with Gasteiger partial charge in [-0.05, 0) is 43.0 Å². The predicted molar refractivity (Wildman–Crippen MR) is 97.2 cm³/mol. The highest BCUT2D eigenvalue weighted by Gasteiger charge is 2.19. The Morgan fingerprint density at radius 1 is 0.650 bits per heavy atom. The SMILES string of the molecule is CCCCCC[N+](C)(CCCCI)CCCCCC.[Cl-]. The van der Waals surface area contributed by atoms with Crippen LogP contribution in [0, 0.1) is 0 Å². The molecule has 0 rings (SSSR count). The largest absolute Gasteiger partial charge is 1.00 e. The Morgan fingerprint density at radius 3 is 1.40 bits per heavy atom. The molecular weight excluding hydrogens is 381 g/mol. The Labute approximate surface area is 148 Å². The molecule has 0 aromatic rings. The number of hydrogen-bond donors (Lipinski definition) is 0. The average Bonchev–Trinajstić information content (AvgIpc) is 2.41. The van der Waals surface area contributed by atoms with E-state index in [2.05, 4.69) is 43.5 Å². The van der Waals surface area contributed by atoms with Crippen molar-refractivity contribution >= 4 is 22.6 Å². The minimum Gasteiger partial charge on any atom is -1.00 e. The van der Waals surface area contributed by atoms with E-state index in [1.54, 1.807) is 0 Å². The second kappa shape index (κ2) is 16.4. The van der Waals surface area contributed by atoms with Crippen molar-refractivity contribution in [2.75, 3.05) is 31.1 Å². The molecule has 0 aliphatic rings. The fourth-order valence-corrected chi connectivity index (χ4v) is 3.30. The zero-order valence-electron chi connectivity index (χ0n) is 14.1. The molecule has 0 unspecified atom stereocenters. The fourth-order valence-electron chi connectivity index (χ4n) is 2.76. The molecule has 0 radical (unpaired) electrons. The molecule has 0 aromatic heterocycles. The zero-order valence-corrected chi connectivity index (χ0v) is 17.0. The molecule has 0 saturated carbocycles. The van der Waals surface area contributed by atoms with Gasteiger partial charge in [-0.1, -0.05) is 62.1 Å². The Morgan fingerprint density at radius 2 is 1.05 bits per heavy atom. The van der Waals surface area contributed by atoms with Crippen molar-refractivity contribution in [3.63, 3.8) is 0 Å². The summed E-state index contributed by atoms with van der Waals surface area (Å²) in [6.45, 7) is 8.83. The summed E-state index contributed by atoms with van der Waals surface area (Å²) in [6, 6.07) is 0. The van der Waals surface area contributed by atoms with Crippen LogP contribution in [0.5, 0.6) is 0 Å². The third-order valence-electron chi connectivity index (χ3n) is 4.18. The van der Waals surface area contributed by atoms with Crippen LogP contribution < -0.4 is 12.4 Å². The van der Waals surface area contributed by atoms with Crippen molar-refractivity contribution in [1.29, 1.82) is 0 Å². The minimum atomic E-state index is 0. The summed E-state index contributed by atoms with van der Waals surface area (Å²) in [5.41, 5.74) is 0. The zero-order chi connectivity index (χ0) is 14.4. The van der Waals surface area contributed by atoms with Crippen LogP contribution in [0.15, 0.2) is 0 Å². The van der Waals surface area contributed by atoms with E-state index in [9.17, 15) is 0 Å². The van der Waals surface area contributed by atoms with Gasteiger partial charge in [0.25, 0.3) is 0 Å². The molecule has 0 heterocycles. The molecule has 3 heteroatoms. The van der Waals surface area contributed by atoms with Crippen LogP contribution in [-0.2, 0) is 0 Å². The lowest BCUT2D eigenvalue weighted by Crippen LogP contribution is -3.00. The van der Waals surface area contributed by atoms with Crippen LogP contribution in [0.25, 0.3) is 0 Å². The van der Waals surface area contributed by atoms with Gasteiger partial charge in [-0.25, -0.2) is 0 Å². The normalized spacial score (nSPS) is 11.4. The smallest absolute Gasteiger partial charge is 0.0784 e. The number of hydrogen-bond acceptors (Lipinski definition) is 0. The molecule has 0 bridgehead atoms. The van der Waals surface area contributed by atoms with Gasteiger partial charge < -0.3 is 16.9 Å². The Bertz CT molecular complexity index is 176. The minimum absolute atomic E-state index is 0. The number of halogens is 2. The molecule has 0 aliphatic carbocycles. The van der Waals surface area contributed by atoms with Gasteiger partial charge in [-0.3, -0.25) is 0 Å². The maximum absolute atomic E-state index is 2.51. The van der Waals surface area contributed by atoms with Crippen molar-refractivity contribution in [1.82, 2.24) is 0 Å². The van der Waals surface area contributed by atoms with Gasteiger partial charge in [0, 0.05) is 0 Å². The first kappa shape index (κ1) is 23.2. The maximum atomic E-state index is 2.51. The molecule has 0 atom stereocenters. The fraction of sp³-hybridized carbons (Fsp3) is 1.00. The number of nitrogens with zero attached hydrogens (tertiary/aromatic N) is 1. The maximum Gasteiger partial charge on any atom is 0.0784 e. The van der Waals surface area contributed by atoms with Crippen LogP contribution in [0.4, 0.5) is 0 Å². The van der Waals surface area contributed by atoms with Gasteiger partial charge in [0.1, 0.15) is 0 Å². The van der Waals surface area contributed by atoms with Crippen molar-refractivity contribution in [2.24, 2.45) is 0 Å². The summed E-state index contributed by atoms with van der Waals surface area (Å²) in [4.78, 5) is 0. The monoisotopic (exact) mass is 417 g/mol. The van der Waals surface area contributed by atoms with Crippen LogP contribution in [0.2, 0.25) is 0 Å². The summed E-state index contributed by atoms with van der Waals surface area (Å²) in [7, 11) is 2.51. The number of quaternary nitrogens is 1. The first-order chi connectivity index (χ1) is 9.18. The van der Waals surface area contributed by atoms with E-state index >= 15 is 0 Å².